The van der Waals surface area contributed by atoms with Crippen LogP contribution in [-0.4, -0.2) is 31.9 Å². The van der Waals surface area contributed by atoms with E-state index in [1.165, 1.54) is 11.1 Å². The minimum absolute atomic E-state index is 0.224. The van der Waals surface area contributed by atoms with Crippen molar-refractivity contribution >= 4 is 5.97 Å². The van der Waals surface area contributed by atoms with Crippen LogP contribution in [0.1, 0.15) is 42.9 Å². The zero-order valence-corrected chi connectivity index (χ0v) is 19.2. The molecule has 0 saturated carbocycles. The summed E-state index contributed by atoms with van der Waals surface area (Å²) in [5.41, 5.74) is 3.38. The molecule has 3 aromatic rings. The summed E-state index contributed by atoms with van der Waals surface area (Å²) in [5.74, 6) is 2.53. The second-order valence-corrected chi connectivity index (χ2v) is 7.91. The van der Waals surface area contributed by atoms with Gasteiger partial charge in [0.2, 0.25) is 0 Å². The van der Waals surface area contributed by atoms with Crippen molar-refractivity contribution in [3.8, 4) is 17.2 Å². The predicted molar refractivity (Wildman–Crippen MR) is 127 cm³/mol. The van der Waals surface area contributed by atoms with Crippen molar-refractivity contribution in [2.45, 2.75) is 38.7 Å². The molecule has 0 fully saturated rings. The molecule has 0 N–H and O–H groups in total. The third-order valence-electron chi connectivity index (χ3n) is 5.75. The van der Waals surface area contributed by atoms with E-state index in [-0.39, 0.29) is 11.9 Å². The molecule has 1 aliphatic rings. The van der Waals surface area contributed by atoms with Gasteiger partial charge in [-0.05, 0) is 50.1 Å². The number of carbonyl (C=O) groups is 1. The first-order chi connectivity index (χ1) is 16.2. The van der Waals surface area contributed by atoms with E-state index in [1.807, 2.05) is 55.5 Å². The largest absolute Gasteiger partial charge is 0.494 e. The fourth-order valence-corrected chi connectivity index (χ4v) is 4.20. The smallest absolute Gasteiger partial charge is 0.335 e. The monoisotopic (exact) mass is 446 g/mol. The van der Waals surface area contributed by atoms with E-state index in [4.69, 9.17) is 18.9 Å². The molecule has 5 heteroatoms. The van der Waals surface area contributed by atoms with Gasteiger partial charge in [-0.15, -0.1) is 0 Å². The lowest BCUT2D eigenvalue weighted by Crippen LogP contribution is -2.28. The maximum absolute atomic E-state index is 12.1. The molecule has 1 heterocycles. The first-order valence-electron chi connectivity index (χ1n) is 11.5. The summed E-state index contributed by atoms with van der Waals surface area (Å²) in [6.07, 6.45) is 0.729. The van der Waals surface area contributed by atoms with Crippen molar-refractivity contribution in [2.24, 2.45) is 0 Å². The van der Waals surface area contributed by atoms with Crippen LogP contribution in [0, 0.1) is 0 Å². The number of hydrogen-bond donors (Lipinski definition) is 0. The number of esters is 1. The molecule has 1 unspecified atom stereocenters. The Hall–Kier alpha value is -3.31. The van der Waals surface area contributed by atoms with E-state index in [1.54, 1.807) is 6.92 Å². The van der Waals surface area contributed by atoms with Gasteiger partial charge in [0, 0.05) is 30.1 Å². The first-order valence-corrected chi connectivity index (χ1v) is 11.5. The summed E-state index contributed by atoms with van der Waals surface area (Å²) in [6, 6.07) is 24.2. The molecule has 0 bridgehead atoms. The van der Waals surface area contributed by atoms with Gasteiger partial charge < -0.3 is 18.9 Å². The SMILES string of the molecule is CCOC(=O)C(Cc1ccc(OCCC2c3ccccc3Oc3ccccc32)cc1)OCC. The van der Waals surface area contributed by atoms with Gasteiger partial charge in [-0.3, -0.25) is 0 Å². The fraction of sp³-hybridized carbons (Fsp3) is 0.321. The number of hydrogen-bond acceptors (Lipinski definition) is 5. The van der Waals surface area contributed by atoms with Crippen LogP contribution in [0.25, 0.3) is 0 Å². The molecule has 0 spiro atoms. The Morgan fingerprint density at radius 2 is 1.52 bits per heavy atom. The Morgan fingerprint density at radius 3 is 2.12 bits per heavy atom. The highest BCUT2D eigenvalue weighted by Gasteiger charge is 2.26. The average molecular weight is 447 g/mol. The molecule has 33 heavy (non-hydrogen) atoms. The Bertz CT molecular complexity index is 1010. The Labute approximate surface area is 195 Å². The predicted octanol–water partition coefficient (Wildman–Crippen LogP) is 5.90. The molecule has 0 aromatic heterocycles. The normalized spacial score (nSPS) is 13.4. The van der Waals surface area contributed by atoms with Crippen LogP contribution in [0.4, 0.5) is 0 Å². The lowest BCUT2D eigenvalue weighted by Gasteiger charge is -2.28. The van der Waals surface area contributed by atoms with Gasteiger partial charge in [0.25, 0.3) is 0 Å². The van der Waals surface area contributed by atoms with E-state index in [0.29, 0.717) is 26.2 Å². The topological polar surface area (TPSA) is 54.0 Å². The lowest BCUT2D eigenvalue weighted by molar-refractivity contribution is -0.156. The van der Waals surface area contributed by atoms with Crippen molar-refractivity contribution in [3.63, 3.8) is 0 Å². The number of rotatable bonds is 10. The molecule has 3 aromatic carbocycles. The van der Waals surface area contributed by atoms with Crippen molar-refractivity contribution in [1.82, 2.24) is 0 Å². The maximum Gasteiger partial charge on any atom is 0.335 e. The Kier molecular flexibility index (Phi) is 7.63. The molecular formula is C28H30O5. The zero-order chi connectivity index (χ0) is 23.0. The summed E-state index contributed by atoms with van der Waals surface area (Å²) in [4.78, 5) is 12.1. The molecule has 0 radical (unpaired) electrons. The molecule has 1 aliphatic heterocycles. The molecule has 172 valence electrons. The second kappa shape index (κ2) is 11.0. The minimum Gasteiger partial charge on any atom is -0.494 e. The minimum atomic E-state index is -0.588. The summed E-state index contributed by atoms with van der Waals surface area (Å²) in [6.45, 7) is 5.06. The third-order valence-corrected chi connectivity index (χ3v) is 5.75. The molecule has 0 amide bonds. The highest BCUT2D eigenvalue weighted by molar-refractivity contribution is 5.75. The highest BCUT2D eigenvalue weighted by atomic mass is 16.6. The molecule has 0 aliphatic carbocycles. The first kappa shape index (κ1) is 22.9. The number of ether oxygens (including phenoxy) is 4. The Morgan fingerprint density at radius 1 is 0.879 bits per heavy atom. The van der Waals surface area contributed by atoms with Crippen LogP contribution in [0.2, 0.25) is 0 Å². The van der Waals surface area contributed by atoms with Crippen molar-refractivity contribution < 1.29 is 23.7 Å². The van der Waals surface area contributed by atoms with E-state index >= 15 is 0 Å². The average Bonchev–Trinajstić information content (AvgIpc) is 2.84. The number of para-hydroxylation sites is 2. The van der Waals surface area contributed by atoms with Crippen molar-refractivity contribution in [1.29, 1.82) is 0 Å². The van der Waals surface area contributed by atoms with Crippen molar-refractivity contribution in [3.05, 3.63) is 89.5 Å². The summed E-state index contributed by atoms with van der Waals surface area (Å²) < 4.78 is 22.8. The maximum atomic E-state index is 12.1. The number of benzene rings is 3. The van der Waals surface area contributed by atoms with Crippen LogP contribution in [0.15, 0.2) is 72.8 Å². The fourth-order valence-electron chi connectivity index (χ4n) is 4.20. The summed E-state index contributed by atoms with van der Waals surface area (Å²) in [7, 11) is 0. The molecule has 1 atom stereocenters. The van der Waals surface area contributed by atoms with Gasteiger partial charge in [0.15, 0.2) is 6.10 Å². The molecule has 4 rings (SSSR count). The van der Waals surface area contributed by atoms with Crippen LogP contribution < -0.4 is 9.47 Å². The van der Waals surface area contributed by atoms with E-state index < -0.39 is 6.10 Å². The molecule has 5 nitrogen and oxygen atoms in total. The summed E-state index contributed by atoms with van der Waals surface area (Å²) >= 11 is 0. The third kappa shape index (κ3) is 5.55. The van der Waals surface area contributed by atoms with Gasteiger partial charge in [-0.2, -0.15) is 0 Å². The molecule has 0 saturated heterocycles. The zero-order valence-electron chi connectivity index (χ0n) is 19.2. The van der Waals surface area contributed by atoms with Gasteiger partial charge in [0.1, 0.15) is 17.2 Å². The van der Waals surface area contributed by atoms with Crippen LogP contribution in [0.5, 0.6) is 17.2 Å². The number of carbonyl (C=O) groups excluding carboxylic acids is 1. The van der Waals surface area contributed by atoms with E-state index in [2.05, 4.69) is 24.3 Å². The van der Waals surface area contributed by atoms with Crippen LogP contribution in [-0.2, 0) is 20.7 Å². The van der Waals surface area contributed by atoms with E-state index in [0.717, 1.165) is 29.2 Å². The van der Waals surface area contributed by atoms with E-state index in [9.17, 15) is 4.79 Å². The lowest BCUT2D eigenvalue weighted by atomic mass is 9.86. The second-order valence-electron chi connectivity index (χ2n) is 7.91. The standard InChI is InChI=1S/C28H30O5/c1-3-30-27(28(29)31-4-2)19-20-13-15-21(16-14-20)32-18-17-22-23-9-5-7-11-25(23)33-26-12-8-6-10-24(22)26/h5-16,22,27H,3-4,17-19H2,1-2H3. The van der Waals surface area contributed by atoms with Crippen molar-refractivity contribution in [2.75, 3.05) is 19.8 Å². The highest BCUT2D eigenvalue weighted by Crippen LogP contribution is 2.45. The van der Waals surface area contributed by atoms with Gasteiger partial charge >= 0.3 is 5.97 Å². The number of fused-ring (bicyclic) bond motifs is 2. The van der Waals surface area contributed by atoms with Gasteiger partial charge in [0.05, 0.1) is 13.2 Å². The summed E-state index contributed by atoms with van der Waals surface area (Å²) in [5, 5.41) is 0. The van der Waals surface area contributed by atoms with Crippen LogP contribution in [0.3, 0.4) is 0 Å². The van der Waals surface area contributed by atoms with Gasteiger partial charge in [-0.25, -0.2) is 4.79 Å². The van der Waals surface area contributed by atoms with Crippen LogP contribution >= 0.6 is 0 Å². The molecular weight excluding hydrogens is 416 g/mol. The quantitative estimate of drug-likeness (QED) is 0.363. The van der Waals surface area contributed by atoms with Gasteiger partial charge in [-0.1, -0.05) is 48.5 Å². The Balaban J connectivity index is 1.37.